The van der Waals surface area contributed by atoms with E-state index in [-0.39, 0.29) is 11.5 Å². The van der Waals surface area contributed by atoms with Gasteiger partial charge in [0.25, 0.3) is 0 Å². The molecule has 0 spiro atoms. The van der Waals surface area contributed by atoms with Crippen molar-refractivity contribution in [2.45, 2.75) is 33.7 Å². The van der Waals surface area contributed by atoms with Gasteiger partial charge in [0.15, 0.2) is 0 Å². The fraction of sp³-hybridized carbons (Fsp3) is 0.444. The molecule has 1 aromatic rings. The average molecular weight is 271 g/mol. The van der Waals surface area contributed by atoms with E-state index in [4.69, 9.17) is 4.74 Å². The quantitative estimate of drug-likeness (QED) is 0.819. The molecule has 0 saturated carbocycles. The third kappa shape index (κ3) is 6.45. The molecule has 0 bridgehead atoms. The Bertz CT molecular complexity index is 500. The van der Waals surface area contributed by atoms with E-state index in [0.29, 0.717) is 0 Å². The summed E-state index contributed by atoms with van der Waals surface area (Å²) in [5.41, 5.74) is 1.28. The van der Waals surface area contributed by atoms with Crippen LogP contribution in [0, 0.1) is 17.3 Å². The summed E-state index contributed by atoms with van der Waals surface area (Å²) in [6.45, 7) is 9.27. The molecule has 0 saturated heterocycles. The molecule has 1 atom stereocenters. The van der Waals surface area contributed by atoms with Gasteiger partial charge in [0.05, 0.1) is 7.11 Å². The van der Waals surface area contributed by atoms with E-state index in [1.165, 1.54) is 5.56 Å². The Morgan fingerprint density at radius 2 is 2.10 bits per heavy atom. The monoisotopic (exact) mass is 271 g/mol. The van der Waals surface area contributed by atoms with Gasteiger partial charge < -0.3 is 10.1 Å². The predicted octanol–water partition coefficient (Wildman–Crippen LogP) is 3.95. The van der Waals surface area contributed by atoms with Gasteiger partial charge in [0.1, 0.15) is 5.75 Å². The molecule has 108 valence electrons. The summed E-state index contributed by atoms with van der Waals surface area (Å²) < 4.78 is 5.23. The van der Waals surface area contributed by atoms with Gasteiger partial charge in [0, 0.05) is 18.0 Å². The number of ether oxygens (including phenoxy) is 1. The van der Waals surface area contributed by atoms with Gasteiger partial charge in [-0.05, 0) is 51.5 Å². The zero-order chi connectivity index (χ0) is 15.0. The second-order valence-corrected chi connectivity index (χ2v) is 5.83. The van der Waals surface area contributed by atoms with Crippen LogP contribution in [0.3, 0.4) is 0 Å². The maximum Gasteiger partial charge on any atom is 0.119 e. The van der Waals surface area contributed by atoms with Crippen LogP contribution in [0.5, 0.6) is 5.75 Å². The molecular formula is C18H25NO. The van der Waals surface area contributed by atoms with E-state index in [1.54, 1.807) is 7.11 Å². The van der Waals surface area contributed by atoms with Crippen molar-refractivity contribution in [2.24, 2.45) is 5.41 Å². The molecule has 2 nitrogen and oxygen atoms in total. The SMILES string of the molecule is COc1cccc([C@@H](C)NC/C=C\C#CC(C)(C)C)c1. The van der Waals surface area contributed by atoms with Crippen LogP contribution in [-0.4, -0.2) is 13.7 Å². The lowest BCUT2D eigenvalue weighted by Crippen LogP contribution is -2.18. The highest BCUT2D eigenvalue weighted by Crippen LogP contribution is 2.18. The van der Waals surface area contributed by atoms with Crippen LogP contribution in [0.1, 0.15) is 39.3 Å². The number of methoxy groups -OCH3 is 1. The predicted molar refractivity (Wildman–Crippen MR) is 85.8 cm³/mol. The number of nitrogens with one attached hydrogen (secondary N) is 1. The highest BCUT2D eigenvalue weighted by Gasteiger charge is 2.04. The van der Waals surface area contributed by atoms with Gasteiger partial charge >= 0.3 is 0 Å². The number of benzene rings is 1. The lowest BCUT2D eigenvalue weighted by atomic mass is 9.98. The lowest BCUT2D eigenvalue weighted by Gasteiger charge is -2.13. The molecule has 1 aromatic carbocycles. The van der Waals surface area contributed by atoms with Crippen molar-refractivity contribution in [2.75, 3.05) is 13.7 Å². The third-order valence-corrected chi connectivity index (χ3v) is 2.78. The number of allylic oxidation sites excluding steroid dienone is 1. The molecule has 0 radical (unpaired) electrons. The summed E-state index contributed by atoms with van der Waals surface area (Å²) >= 11 is 0. The van der Waals surface area contributed by atoms with E-state index in [9.17, 15) is 0 Å². The summed E-state index contributed by atoms with van der Waals surface area (Å²) in [6.07, 6.45) is 3.96. The highest BCUT2D eigenvalue weighted by molar-refractivity contribution is 5.30. The van der Waals surface area contributed by atoms with E-state index < -0.39 is 0 Å². The number of rotatable bonds is 5. The minimum absolute atomic E-state index is 0.0612. The van der Waals surface area contributed by atoms with Crippen LogP contribution in [0.15, 0.2) is 36.4 Å². The van der Waals surface area contributed by atoms with Crippen LogP contribution in [0.25, 0.3) is 0 Å². The normalized spacial score (nSPS) is 12.8. The minimum atomic E-state index is 0.0612. The van der Waals surface area contributed by atoms with Crippen molar-refractivity contribution in [1.82, 2.24) is 5.32 Å². The summed E-state index contributed by atoms with van der Waals surface area (Å²) in [6, 6.07) is 8.41. The first-order chi connectivity index (χ1) is 9.42. The second kappa shape index (κ2) is 7.77. The van der Waals surface area contributed by atoms with Crippen LogP contribution in [0.4, 0.5) is 0 Å². The molecule has 1 N–H and O–H groups in total. The summed E-state index contributed by atoms with van der Waals surface area (Å²) in [4.78, 5) is 0. The lowest BCUT2D eigenvalue weighted by molar-refractivity contribution is 0.413. The Balaban J connectivity index is 2.45. The van der Waals surface area contributed by atoms with Crippen LogP contribution in [0.2, 0.25) is 0 Å². The van der Waals surface area contributed by atoms with Crippen LogP contribution in [-0.2, 0) is 0 Å². The summed E-state index contributed by atoms with van der Waals surface area (Å²) in [7, 11) is 1.69. The van der Waals surface area contributed by atoms with Crippen molar-refractivity contribution in [3.05, 3.63) is 42.0 Å². The zero-order valence-corrected chi connectivity index (χ0v) is 13.2. The average Bonchev–Trinajstić information content (AvgIpc) is 2.41. The van der Waals surface area contributed by atoms with Gasteiger partial charge in [-0.15, -0.1) is 0 Å². The molecule has 0 aliphatic rings. The first-order valence-corrected chi connectivity index (χ1v) is 6.97. The van der Waals surface area contributed by atoms with E-state index in [1.807, 2.05) is 18.2 Å². The molecule has 0 aliphatic carbocycles. The Kier molecular flexibility index (Phi) is 6.35. The molecule has 0 aliphatic heterocycles. The molecule has 1 rings (SSSR count). The molecule has 0 fully saturated rings. The Hall–Kier alpha value is -1.72. The maximum absolute atomic E-state index is 5.23. The summed E-state index contributed by atoms with van der Waals surface area (Å²) in [5.74, 6) is 7.13. The van der Waals surface area contributed by atoms with Crippen molar-refractivity contribution in [3.63, 3.8) is 0 Å². The first-order valence-electron chi connectivity index (χ1n) is 6.97. The van der Waals surface area contributed by atoms with Gasteiger partial charge in [-0.3, -0.25) is 0 Å². The molecular weight excluding hydrogens is 246 g/mol. The van der Waals surface area contributed by atoms with E-state index in [0.717, 1.165) is 12.3 Å². The molecule has 2 heteroatoms. The number of hydrogen-bond acceptors (Lipinski definition) is 2. The van der Waals surface area contributed by atoms with E-state index >= 15 is 0 Å². The van der Waals surface area contributed by atoms with Crippen LogP contribution >= 0.6 is 0 Å². The van der Waals surface area contributed by atoms with Gasteiger partial charge in [-0.1, -0.05) is 30.0 Å². The van der Waals surface area contributed by atoms with Crippen LogP contribution < -0.4 is 10.1 Å². The first kappa shape index (κ1) is 16.3. The van der Waals surface area contributed by atoms with Crippen molar-refractivity contribution in [1.29, 1.82) is 0 Å². The molecule has 0 aromatic heterocycles. The molecule has 20 heavy (non-hydrogen) atoms. The zero-order valence-electron chi connectivity index (χ0n) is 13.2. The van der Waals surface area contributed by atoms with Gasteiger partial charge in [0.2, 0.25) is 0 Å². The van der Waals surface area contributed by atoms with Crippen molar-refractivity contribution < 1.29 is 4.74 Å². The number of hydrogen-bond donors (Lipinski definition) is 1. The Morgan fingerprint density at radius 1 is 1.35 bits per heavy atom. The smallest absolute Gasteiger partial charge is 0.119 e. The largest absolute Gasteiger partial charge is 0.497 e. The molecule has 0 heterocycles. The minimum Gasteiger partial charge on any atom is -0.497 e. The molecule has 0 amide bonds. The highest BCUT2D eigenvalue weighted by atomic mass is 16.5. The van der Waals surface area contributed by atoms with Gasteiger partial charge in [-0.25, -0.2) is 0 Å². The van der Waals surface area contributed by atoms with Crippen molar-refractivity contribution in [3.8, 4) is 17.6 Å². The standard InChI is InChI=1S/C18H25NO/c1-15(16-10-9-11-17(14-16)20-5)19-13-8-6-7-12-18(2,3)4/h6,8-11,14-15,19H,13H2,1-5H3/b8-6-/t15-/m1/s1. The Morgan fingerprint density at radius 3 is 2.75 bits per heavy atom. The topological polar surface area (TPSA) is 21.3 Å². The van der Waals surface area contributed by atoms with E-state index in [2.05, 4.69) is 63.1 Å². The molecule has 0 unspecified atom stereocenters. The summed E-state index contributed by atoms with van der Waals surface area (Å²) in [5, 5.41) is 3.44. The second-order valence-electron chi connectivity index (χ2n) is 5.83. The fourth-order valence-electron chi connectivity index (χ4n) is 1.65. The van der Waals surface area contributed by atoms with Crippen molar-refractivity contribution >= 4 is 0 Å². The fourth-order valence-corrected chi connectivity index (χ4v) is 1.65. The van der Waals surface area contributed by atoms with Gasteiger partial charge in [-0.2, -0.15) is 0 Å². The maximum atomic E-state index is 5.23. The Labute approximate surface area is 123 Å². The third-order valence-electron chi connectivity index (χ3n) is 2.78.